The highest BCUT2D eigenvalue weighted by Crippen LogP contribution is 2.15. The third kappa shape index (κ3) is 4.41. The van der Waals surface area contributed by atoms with Crippen LogP contribution in [-0.4, -0.2) is 29.4 Å². The maximum atomic E-state index is 12.1. The van der Waals surface area contributed by atoms with E-state index in [1.54, 1.807) is 43.3 Å². The number of nitrogens with one attached hydrogen (secondary N) is 1. The molecule has 23 heavy (non-hydrogen) atoms. The maximum Gasteiger partial charge on any atom is 0.335 e. The molecular weight excluding hydrogens is 298 g/mol. The lowest BCUT2D eigenvalue weighted by molar-refractivity contribution is -0.122. The summed E-state index contributed by atoms with van der Waals surface area (Å²) in [5.41, 5.74) is 0.974. The molecule has 6 heteroatoms. The van der Waals surface area contributed by atoms with Crippen LogP contribution in [0.25, 0.3) is 0 Å². The fourth-order valence-corrected chi connectivity index (χ4v) is 1.86. The van der Waals surface area contributed by atoms with Gasteiger partial charge in [-0.15, -0.1) is 0 Å². The van der Waals surface area contributed by atoms with Crippen molar-refractivity contribution >= 4 is 23.9 Å². The van der Waals surface area contributed by atoms with E-state index < -0.39 is 18.0 Å². The lowest BCUT2D eigenvalue weighted by Crippen LogP contribution is -2.30. The summed E-state index contributed by atoms with van der Waals surface area (Å²) in [4.78, 5) is 33.6. The van der Waals surface area contributed by atoms with E-state index in [-0.39, 0.29) is 5.56 Å². The number of carboxylic acid groups (broad SMARTS) is 1. The molecule has 1 unspecified atom stereocenters. The van der Waals surface area contributed by atoms with Crippen molar-refractivity contribution in [1.82, 2.24) is 0 Å². The van der Waals surface area contributed by atoms with Gasteiger partial charge in [-0.25, -0.2) is 4.79 Å². The number of benzene rings is 2. The van der Waals surface area contributed by atoms with Crippen molar-refractivity contribution in [3.05, 3.63) is 59.7 Å². The summed E-state index contributed by atoms with van der Waals surface area (Å²) < 4.78 is 5.48. The highest BCUT2D eigenvalue weighted by Gasteiger charge is 2.15. The molecule has 2 rings (SSSR count). The average Bonchev–Trinajstić information content (AvgIpc) is 2.55. The summed E-state index contributed by atoms with van der Waals surface area (Å²) in [6.45, 7) is 1.57. The van der Waals surface area contributed by atoms with Crippen LogP contribution in [0.3, 0.4) is 0 Å². The van der Waals surface area contributed by atoms with Crippen molar-refractivity contribution < 1.29 is 24.2 Å². The van der Waals surface area contributed by atoms with Crippen LogP contribution in [0.15, 0.2) is 48.5 Å². The fraction of sp³-hybridized carbons (Fsp3) is 0.118. The first-order valence-electron chi connectivity index (χ1n) is 6.85. The van der Waals surface area contributed by atoms with Crippen LogP contribution in [-0.2, 0) is 4.79 Å². The van der Waals surface area contributed by atoms with Gasteiger partial charge in [-0.3, -0.25) is 9.59 Å². The molecule has 0 aromatic heterocycles. The van der Waals surface area contributed by atoms with Gasteiger partial charge in [0.1, 0.15) is 12.0 Å². The zero-order chi connectivity index (χ0) is 16.8. The number of anilines is 1. The number of rotatable bonds is 6. The molecule has 0 bridgehead atoms. The monoisotopic (exact) mass is 313 g/mol. The highest BCUT2D eigenvalue weighted by molar-refractivity contribution is 5.96. The third-order valence-electron chi connectivity index (χ3n) is 3.08. The Morgan fingerprint density at radius 2 is 1.87 bits per heavy atom. The molecule has 0 fully saturated rings. The molecule has 118 valence electrons. The van der Waals surface area contributed by atoms with E-state index in [2.05, 4.69) is 5.32 Å². The molecular formula is C17H15NO5. The Morgan fingerprint density at radius 3 is 2.48 bits per heavy atom. The zero-order valence-corrected chi connectivity index (χ0v) is 12.4. The summed E-state index contributed by atoms with van der Waals surface area (Å²) in [5.74, 6) is -1.02. The van der Waals surface area contributed by atoms with Crippen LogP contribution in [0.1, 0.15) is 27.6 Å². The van der Waals surface area contributed by atoms with Crippen molar-refractivity contribution in [2.24, 2.45) is 0 Å². The van der Waals surface area contributed by atoms with Crippen molar-refractivity contribution in [3.8, 4) is 5.75 Å². The normalized spacial score (nSPS) is 11.3. The predicted molar refractivity (Wildman–Crippen MR) is 84.0 cm³/mol. The Kier molecular flexibility index (Phi) is 5.09. The first kappa shape index (κ1) is 16.2. The summed E-state index contributed by atoms with van der Waals surface area (Å²) in [6.07, 6.45) is -0.0689. The number of ether oxygens (including phenoxy) is 1. The summed E-state index contributed by atoms with van der Waals surface area (Å²) in [5, 5.41) is 11.5. The van der Waals surface area contributed by atoms with Gasteiger partial charge in [0.2, 0.25) is 0 Å². The average molecular weight is 313 g/mol. The summed E-state index contributed by atoms with van der Waals surface area (Å²) in [6, 6.07) is 12.3. The largest absolute Gasteiger partial charge is 0.481 e. The Labute approximate surface area is 132 Å². The van der Waals surface area contributed by atoms with Crippen LogP contribution in [0.5, 0.6) is 5.75 Å². The first-order chi connectivity index (χ1) is 11.0. The van der Waals surface area contributed by atoms with E-state index in [0.29, 0.717) is 17.0 Å². The minimum Gasteiger partial charge on any atom is -0.481 e. The second-order valence-electron chi connectivity index (χ2n) is 4.82. The first-order valence-corrected chi connectivity index (χ1v) is 6.85. The van der Waals surface area contributed by atoms with E-state index in [9.17, 15) is 14.4 Å². The Bertz CT molecular complexity index is 724. The van der Waals surface area contributed by atoms with Gasteiger partial charge in [-0.1, -0.05) is 6.07 Å². The van der Waals surface area contributed by atoms with E-state index in [0.717, 1.165) is 6.29 Å². The quantitative estimate of drug-likeness (QED) is 0.800. The fourth-order valence-electron chi connectivity index (χ4n) is 1.86. The Balaban J connectivity index is 2.00. The molecule has 0 heterocycles. The molecule has 0 aliphatic carbocycles. The molecule has 1 atom stereocenters. The molecule has 2 N–H and O–H groups in total. The van der Waals surface area contributed by atoms with Crippen LogP contribution in [0.2, 0.25) is 0 Å². The number of carbonyl (C=O) groups is 3. The van der Waals surface area contributed by atoms with Gasteiger partial charge in [0.05, 0.1) is 5.56 Å². The van der Waals surface area contributed by atoms with Gasteiger partial charge < -0.3 is 15.2 Å². The number of aromatic carboxylic acids is 1. The second kappa shape index (κ2) is 7.22. The number of hydrogen-bond donors (Lipinski definition) is 2. The molecule has 0 saturated carbocycles. The molecule has 1 amide bonds. The van der Waals surface area contributed by atoms with Crippen LogP contribution in [0.4, 0.5) is 5.69 Å². The molecule has 0 saturated heterocycles. The Morgan fingerprint density at radius 1 is 1.17 bits per heavy atom. The minimum absolute atomic E-state index is 0.0841. The summed E-state index contributed by atoms with van der Waals surface area (Å²) >= 11 is 0. The van der Waals surface area contributed by atoms with Gasteiger partial charge in [0, 0.05) is 11.3 Å². The Hall–Kier alpha value is -3.15. The minimum atomic E-state index is -1.07. The lowest BCUT2D eigenvalue weighted by atomic mass is 10.2. The van der Waals surface area contributed by atoms with Crippen LogP contribution >= 0.6 is 0 Å². The molecule has 2 aromatic carbocycles. The molecule has 0 aliphatic rings. The molecule has 6 nitrogen and oxygen atoms in total. The molecule has 0 radical (unpaired) electrons. The number of carbonyl (C=O) groups excluding carboxylic acids is 2. The standard InChI is InChI=1S/C17H15NO5/c1-11(23-15-7-5-12(10-19)6-8-15)16(20)18-14-4-2-3-13(9-14)17(21)22/h2-11H,1H3,(H,18,20)(H,21,22). The number of carboxylic acids is 1. The van der Waals surface area contributed by atoms with Crippen molar-refractivity contribution in [1.29, 1.82) is 0 Å². The van der Waals surface area contributed by atoms with Gasteiger partial charge in [0.25, 0.3) is 5.91 Å². The van der Waals surface area contributed by atoms with Crippen LogP contribution in [0, 0.1) is 0 Å². The highest BCUT2D eigenvalue weighted by atomic mass is 16.5. The van der Waals surface area contributed by atoms with E-state index in [4.69, 9.17) is 9.84 Å². The second-order valence-corrected chi connectivity index (χ2v) is 4.82. The molecule has 0 aliphatic heterocycles. The summed E-state index contributed by atoms with van der Waals surface area (Å²) in [7, 11) is 0. The predicted octanol–water partition coefficient (Wildman–Crippen LogP) is 2.60. The SMILES string of the molecule is CC(Oc1ccc(C=O)cc1)C(=O)Nc1cccc(C(=O)O)c1. The topological polar surface area (TPSA) is 92.7 Å². The molecule has 0 spiro atoms. The van der Waals surface area contributed by atoms with Gasteiger partial charge in [-0.05, 0) is 49.4 Å². The number of hydrogen-bond acceptors (Lipinski definition) is 4. The maximum absolute atomic E-state index is 12.1. The molecule has 2 aromatic rings. The van der Waals surface area contributed by atoms with Gasteiger partial charge >= 0.3 is 5.97 Å². The number of aldehydes is 1. The zero-order valence-electron chi connectivity index (χ0n) is 12.4. The van der Waals surface area contributed by atoms with Crippen molar-refractivity contribution in [2.45, 2.75) is 13.0 Å². The van der Waals surface area contributed by atoms with E-state index in [1.807, 2.05) is 0 Å². The number of amides is 1. The van der Waals surface area contributed by atoms with Crippen LogP contribution < -0.4 is 10.1 Å². The van der Waals surface area contributed by atoms with E-state index in [1.165, 1.54) is 12.1 Å². The van der Waals surface area contributed by atoms with Gasteiger partial charge in [0.15, 0.2) is 6.10 Å². The van der Waals surface area contributed by atoms with Crippen molar-refractivity contribution in [3.63, 3.8) is 0 Å². The van der Waals surface area contributed by atoms with Crippen molar-refractivity contribution in [2.75, 3.05) is 5.32 Å². The van der Waals surface area contributed by atoms with E-state index >= 15 is 0 Å². The van der Waals surface area contributed by atoms with Gasteiger partial charge in [-0.2, -0.15) is 0 Å². The smallest absolute Gasteiger partial charge is 0.335 e. The lowest BCUT2D eigenvalue weighted by Gasteiger charge is -2.15. The third-order valence-corrected chi connectivity index (χ3v) is 3.08.